The third kappa shape index (κ3) is 3.12. The smallest absolute Gasteiger partial charge is 0.0594 e. The van der Waals surface area contributed by atoms with Gasteiger partial charge in [-0.15, -0.1) is 0 Å². The minimum atomic E-state index is -0.126. The summed E-state index contributed by atoms with van der Waals surface area (Å²) in [6.45, 7) is 17.0. The molecule has 4 aliphatic carbocycles. The number of fused-ring (bicyclic) bond motifs is 4. The molecule has 1 unspecified atom stereocenters. The van der Waals surface area contributed by atoms with Crippen LogP contribution >= 0.6 is 0 Å². The molecular formula is C29H48O. The molecule has 6 atom stereocenters. The fourth-order valence-corrected chi connectivity index (χ4v) is 9.01. The molecule has 0 saturated heterocycles. The molecule has 0 radical (unpaired) electrons. The summed E-state index contributed by atoms with van der Waals surface area (Å²) in [6.07, 6.45) is 16.7. The van der Waals surface area contributed by atoms with Crippen LogP contribution in [0, 0.1) is 33.5 Å². The molecule has 0 bridgehead atoms. The summed E-state index contributed by atoms with van der Waals surface area (Å²) in [5.74, 6) is 1.54. The maximum absolute atomic E-state index is 10.8. The number of hydrogen-bond donors (Lipinski definition) is 1. The van der Waals surface area contributed by atoms with E-state index in [1.54, 1.807) is 0 Å². The van der Waals surface area contributed by atoms with E-state index in [0.717, 1.165) is 12.3 Å². The zero-order chi connectivity index (χ0) is 21.9. The molecule has 170 valence electrons. The zero-order valence-corrected chi connectivity index (χ0v) is 21.0. The minimum Gasteiger partial charge on any atom is -0.393 e. The summed E-state index contributed by atoms with van der Waals surface area (Å²) in [5, 5.41) is 10.8. The molecule has 0 aromatic rings. The van der Waals surface area contributed by atoms with Crippen LogP contribution in [0.25, 0.3) is 0 Å². The van der Waals surface area contributed by atoms with Crippen LogP contribution in [0.15, 0.2) is 22.8 Å². The lowest BCUT2D eigenvalue weighted by Gasteiger charge is -2.62. The highest BCUT2D eigenvalue weighted by Gasteiger charge is 2.62. The second kappa shape index (κ2) is 7.50. The fourth-order valence-electron chi connectivity index (χ4n) is 9.01. The second-order valence-electron chi connectivity index (χ2n) is 13.0. The van der Waals surface area contributed by atoms with Crippen molar-refractivity contribution in [3.8, 4) is 0 Å². The predicted molar refractivity (Wildman–Crippen MR) is 128 cm³/mol. The van der Waals surface area contributed by atoms with Gasteiger partial charge < -0.3 is 5.11 Å². The van der Waals surface area contributed by atoms with Gasteiger partial charge in [-0.05, 0) is 118 Å². The Bertz CT molecular complexity index is 737. The van der Waals surface area contributed by atoms with Crippen LogP contribution in [-0.4, -0.2) is 11.2 Å². The maximum Gasteiger partial charge on any atom is 0.0594 e. The third-order valence-corrected chi connectivity index (χ3v) is 11.2. The first kappa shape index (κ1) is 22.6. The van der Waals surface area contributed by atoms with Crippen LogP contribution in [0.1, 0.15) is 119 Å². The van der Waals surface area contributed by atoms with E-state index in [4.69, 9.17) is 0 Å². The van der Waals surface area contributed by atoms with Gasteiger partial charge in [-0.3, -0.25) is 0 Å². The van der Waals surface area contributed by atoms with Crippen LogP contribution in [-0.2, 0) is 0 Å². The van der Waals surface area contributed by atoms with Gasteiger partial charge in [0.15, 0.2) is 0 Å². The van der Waals surface area contributed by atoms with E-state index >= 15 is 0 Å². The molecule has 0 heterocycles. The van der Waals surface area contributed by atoms with Gasteiger partial charge >= 0.3 is 0 Å². The maximum atomic E-state index is 10.8. The van der Waals surface area contributed by atoms with Gasteiger partial charge in [-0.25, -0.2) is 0 Å². The lowest BCUT2D eigenvalue weighted by molar-refractivity contribution is -0.0957. The van der Waals surface area contributed by atoms with Gasteiger partial charge in [0, 0.05) is 0 Å². The van der Waals surface area contributed by atoms with Crippen molar-refractivity contribution in [2.75, 3.05) is 0 Å². The van der Waals surface area contributed by atoms with E-state index in [9.17, 15) is 5.11 Å². The van der Waals surface area contributed by atoms with Crippen LogP contribution in [0.2, 0.25) is 0 Å². The lowest BCUT2D eigenvalue weighted by atomic mass is 9.43. The summed E-state index contributed by atoms with van der Waals surface area (Å²) in [5.41, 5.74) is 6.48. The number of unbranched alkanes of at least 4 members (excludes halogenated alkanes) is 1. The van der Waals surface area contributed by atoms with Crippen molar-refractivity contribution in [1.29, 1.82) is 0 Å². The molecule has 0 amide bonds. The minimum absolute atomic E-state index is 0.0519. The Balaban J connectivity index is 1.62. The lowest BCUT2D eigenvalue weighted by Crippen LogP contribution is -2.54. The Labute approximate surface area is 186 Å². The first-order valence-electron chi connectivity index (χ1n) is 13.0. The molecule has 2 saturated carbocycles. The van der Waals surface area contributed by atoms with Crippen molar-refractivity contribution in [2.45, 2.75) is 125 Å². The Morgan fingerprint density at radius 1 is 0.933 bits per heavy atom. The molecule has 0 aliphatic heterocycles. The first-order chi connectivity index (χ1) is 14.0. The Hall–Kier alpha value is -0.560. The van der Waals surface area contributed by atoms with Gasteiger partial charge in [0.25, 0.3) is 0 Å². The van der Waals surface area contributed by atoms with E-state index in [2.05, 4.69) is 54.5 Å². The summed E-state index contributed by atoms with van der Waals surface area (Å²) < 4.78 is 0. The number of aliphatic hydroxyl groups excluding tert-OH is 1. The summed E-state index contributed by atoms with van der Waals surface area (Å²) >= 11 is 0. The molecule has 4 aliphatic rings. The van der Waals surface area contributed by atoms with E-state index in [1.165, 1.54) is 69.8 Å². The normalized spacial score (nSPS) is 44.9. The van der Waals surface area contributed by atoms with E-state index < -0.39 is 0 Å². The summed E-state index contributed by atoms with van der Waals surface area (Å²) in [7, 11) is 0. The highest BCUT2D eigenvalue weighted by atomic mass is 16.3. The fraction of sp³-hybridized carbons (Fsp3) is 0.862. The SMILES string of the molecule is CC(C)=CCCC[C@H]1CC[C@@]2(C)C3=C(CC[C@]12C)[C@@]1(C)CC[C@H](O)C(C)(C)C1CC3. The van der Waals surface area contributed by atoms with Gasteiger partial charge in [-0.1, -0.05) is 57.4 Å². The number of allylic oxidation sites excluding steroid dienone is 4. The summed E-state index contributed by atoms with van der Waals surface area (Å²) in [6, 6.07) is 0. The number of hydrogen-bond acceptors (Lipinski definition) is 1. The number of aliphatic hydroxyl groups is 1. The van der Waals surface area contributed by atoms with Crippen LogP contribution in [0.3, 0.4) is 0 Å². The quantitative estimate of drug-likeness (QED) is 0.364. The van der Waals surface area contributed by atoms with Crippen molar-refractivity contribution < 1.29 is 5.11 Å². The molecule has 1 N–H and O–H groups in total. The molecule has 2 fully saturated rings. The predicted octanol–water partition coefficient (Wildman–Crippen LogP) is 8.23. The molecule has 1 heteroatoms. The van der Waals surface area contributed by atoms with Gasteiger partial charge in [0.05, 0.1) is 6.10 Å². The molecule has 0 aromatic heterocycles. The van der Waals surface area contributed by atoms with E-state index in [1.807, 2.05) is 11.1 Å². The molecule has 4 rings (SSSR count). The van der Waals surface area contributed by atoms with Crippen LogP contribution in [0.4, 0.5) is 0 Å². The van der Waals surface area contributed by atoms with Crippen LogP contribution < -0.4 is 0 Å². The van der Waals surface area contributed by atoms with Crippen molar-refractivity contribution in [1.82, 2.24) is 0 Å². The first-order valence-corrected chi connectivity index (χ1v) is 13.0. The molecule has 0 aromatic carbocycles. The van der Waals surface area contributed by atoms with Crippen LogP contribution in [0.5, 0.6) is 0 Å². The van der Waals surface area contributed by atoms with Crippen molar-refractivity contribution in [3.63, 3.8) is 0 Å². The van der Waals surface area contributed by atoms with Crippen molar-refractivity contribution in [3.05, 3.63) is 22.8 Å². The third-order valence-electron chi connectivity index (χ3n) is 11.2. The molecule has 1 nitrogen and oxygen atoms in total. The van der Waals surface area contributed by atoms with E-state index in [0.29, 0.717) is 22.2 Å². The van der Waals surface area contributed by atoms with Gasteiger partial charge in [0.1, 0.15) is 0 Å². The average Bonchev–Trinajstić information content (AvgIpc) is 2.94. The van der Waals surface area contributed by atoms with Crippen molar-refractivity contribution >= 4 is 0 Å². The number of rotatable bonds is 4. The Morgan fingerprint density at radius 3 is 2.37 bits per heavy atom. The zero-order valence-electron chi connectivity index (χ0n) is 21.0. The second-order valence-corrected chi connectivity index (χ2v) is 13.0. The Kier molecular flexibility index (Phi) is 5.66. The topological polar surface area (TPSA) is 20.2 Å². The Morgan fingerprint density at radius 2 is 1.67 bits per heavy atom. The summed E-state index contributed by atoms with van der Waals surface area (Å²) in [4.78, 5) is 0. The van der Waals surface area contributed by atoms with Gasteiger partial charge in [-0.2, -0.15) is 0 Å². The molecular weight excluding hydrogens is 364 g/mol. The van der Waals surface area contributed by atoms with E-state index in [-0.39, 0.29) is 11.5 Å². The monoisotopic (exact) mass is 412 g/mol. The van der Waals surface area contributed by atoms with Crippen molar-refractivity contribution in [2.24, 2.45) is 33.5 Å². The largest absolute Gasteiger partial charge is 0.393 e. The standard InChI is InChI=1S/C29H48O/c1-20(2)10-8-9-11-21-14-18-29(7)23-12-13-24-26(3,4)25(30)16-17-27(24,5)22(23)15-19-28(21,29)6/h10,21,24-25,30H,8-9,11-19H2,1-7H3/t21-,24?,25-,27+,28+,29-/m0/s1. The highest BCUT2D eigenvalue weighted by molar-refractivity contribution is 5.38. The molecule has 30 heavy (non-hydrogen) atoms. The highest BCUT2D eigenvalue weighted by Crippen LogP contribution is 2.72. The molecule has 0 spiro atoms. The van der Waals surface area contributed by atoms with Gasteiger partial charge in [0.2, 0.25) is 0 Å². The average molecular weight is 413 g/mol.